The van der Waals surface area contributed by atoms with Gasteiger partial charge < -0.3 is 15.7 Å². The van der Waals surface area contributed by atoms with Crippen molar-refractivity contribution < 1.29 is 5.11 Å². The van der Waals surface area contributed by atoms with Crippen LogP contribution in [0.4, 0.5) is 5.82 Å². The Morgan fingerprint density at radius 1 is 1.39 bits per heavy atom. The van der Waals surface area contributed by atoms with Gasteiger partial charge in [-0.25, -0.2) is 4.98 Å². The van der Waals surface area contributed by atoms with Gasteiger partial charge >= 0.3 is 0 Å². The molecule has 0 aromatic carbocycles. The first-order chi connectivity index (χ1) is 8.63. The van der Waals surface area contributed by atoms with Crippen molar-refractivity contribution in [1.29, 1.82) is 0 Å². The summed E-state index contributed by atoms with van der Waals surface area (Å²) in [4.78, 5) is 6.59. The lowest BCUT2D eigenvalue weighted by atomic mass is 10.1. The maximum atomic E-state index is 9.22. The Hall–Kier alpha value is -1.13. The topological polar surface area (TPSA) is 62.4 Å². The van der Waals surface area contributed by atoms with Gasteiger partial charge in [-0.2, -0.15) is 0 Å². The van der Waals surface area contributed by atoms with Crippen LogP contribution >= 0.6 is 0 Å². The van der Waals surface area contributed by atoms with Crippen LogP contribution in [0.25, 0.3) is 0 Å². The minimum atomic E-state index is 0.00410. The van der Waals surface area contributed by atoms with Crippen LogP contribution in [-0.4, -0.2) is 29.3 Å². The number of hydrogen-bond donors (Lipinski definition) is 2. The van der Waals surface area contributed by atoms with Gasteiger partial charge in [0, 0.05) is 24.8 Å². The zero-order valence-corrected chi connectivity index (χ0v) is 11.6. The van der Waals surface area contributed by atoms with Gasteiger partial charge in [-0.3, -0.25) is 0 Å². The lowest BCUT2D eigenvalue weighted by Gasteiger charge is -2.31. The molecule has 0 amide bonds. The predicted octanol–water partition coefficient (Wildman–Crippen LogP) is 2.09. The Morgan fingerprint density at radius 3 is 2.56 bits per heavy atom. The summed E-state index contributed by atoms with van der Waals surface area (Å²) in [7, 11) is 0. The summed E-state index contributed by atoms with van der Waals surface area (Å²) in [5, 5.41) is 9.22. The lowest BCUT2D eigenvalue weighted by molar-refractivity contribution is 0.295. The molecule has 0 saturated carbocycles. The Kier molecular flexibility index (Phi) is 6.09. The lowest BCUT2D eigenvalue weighted by Crippen LogP contribution is -2.37. The van der Waals surface area contributed by atoms with E-state index < -0.39 is 0 Å². The number of pyridine rings is 1. The fraction of sp³-hybridized carbons (Fsp3) is 0.643. The second-order valence-corrected chi connectivity index (χ2v) is 4.62. The summed E-state index contributed by atoms with van der Waals surface area (Å²) in [5.74, 6) is 0.910. The fourth-order valence-electron chi connectivity index (χ4n) is 2.20. The number of anilines is 1. The van der Waals surface area contributed by atoms with E-state index in [1.165, 1.54) is 0 Å². The molecule has 1 unspecified atom stereocenters. The molecule has 4 nitrogen and oxygen atoms in total. The zero-order valence-electron chi connectivity index (χ0n) is 11.6. The second-order valence-electron chi connectivity index (χ2n) is 4.62. The van der Waals surface area contributed by atoms with E-state index >= 15 is 0 Å². The molecule has 1 aromatic rings. The summed E-state index contributed by atoms with van der Waals surface area (Å²) in [6, 6.07) is 4.38. The van der Waals surface area contributed by atoms with E-state index in [1.807, 2.05) is 19.1 Å². The summed E-state index contributed by atoms with van der Waals surface area (Å²) in [5.41, 5.74) is 6.98. The molecule has 0 bridgehead atoms. The van der Waals surface area contributed by atoms with Gasteiger partial charge in [0.1, 0.15) is 5.82 Å². The second kappa shape index (κ2) is 7.34. The normalized spacial score (nSPS) is 12.8. The van der Waals surface area contributed by atoms with E-state index in [0.717, 1.165) is 24.2 Å². The molecule has 102 valence electrons. The average molecular weight is 251 g/mol. The molecule has 0 fully saturated rings. The molecule has 3 N–H and O–H groups in total. The third-order valence-electron chi connectivity index (χ3n) is 3.31. The summed E-state index contributed by atoms with van der Waals surface area (Å²) in [6.45, 7) is 7.04. The van der Waals surface area contributed by atoms with Gasteiger partial charge in [0.15, 0.2) is 0 Å². The maximum Gasteiger partial charge on any atom is 0.129 e. The molecule has 4 heteroatoms. The molecule has 0 aliphatic heterocycles. The summed E-state index contributed by atoms with van der Waals surface area (Å²) >= 11 is 0. The number of aliphatic hydroxyl groups is 1. The van der Waals surface area contributed by atoms with Crippen LogP contribution in [0.15, 0.2) is 18.3 Å². The monoisotopic (exact) mass is 251 g/mol. The van der Waals surface area contributed by atoms with Crippen molar-refractivity contribution in [2.24, 2.45) is 5.73 Å². The highest BCUT2D eigenvalue weighted by Gasteiger charge is 2.17. The van der Waals surface area contributed by atoms with Crippen LogP contribution in [0.3, 0.4) is 0 Å². The van der Waals surface area contributed by atoms with E-state index in [1.54, 1.807) is 6.20 Å². The van der Waals surface area contributed by atoms with Crippen molar-refractivity contribution in [3.05, 3.63) is 23.9 Å². The molecular formula is C14H25N3O. The summed E-state index contributed by atoms with van der Waals surface area (Å²) in [6.07, 6.45) is 3.88. The van der Waals surface area contributed by atoms with Crippen LogP contribution in [-0.2, 0) is 0 Å². The van der Waals surface area contributed by atoms with E-state index in [9.17, 15) is 5.11 Å². The van der Waals surface area contributed by atoms with Crippen molar-refractivity contribution in [1.82, 2.24) is 4.98 Å². The average Bonchev–Trinajstić information content (AvgIpc) is 2.39. The van der Waals surface area contributed by atoms with E-state index in [2.05, 4.69) is 23.7 Å². The van der Waals surface area contributed by atoms with Crippen molar-refractivity contribution in [2.75, 3.05) is 18.1 Å². The minimum absolute atomic E-state index is 0.00410. The van der Waals surface area contributed by atoms with Crippen LogP contribution < -0.4 is 10.6 Å². The van der Waals surface area contributed by atoms with Crippen molar-refractivity contribution in [3.8, 4) is 0 Å². The smallest absolute Gasteiger partial charge is 0.129 e. The number of aliphatic hydroxyl groups excluding tert-OH is 1. The highest BCUT2D eigenvalue weighted by molar-refractivity contribution is 5.43. The highest BCUT2D eigenvalue weighted by Crippen LogP contribution is 2.21. The highest BCUT2D eigenvalue weighted by atomic mass is 16.3. The molecule has 0 saturated heterocycles. The molecule has 1 heterocycles. The Labute approximate surface area is 110 Å². The van der Waals surface area contributed by atoms with Gasteiger partial charge in [-0.15, -0.1) is 0 Å². The molecule has 1 atom stereocenters. The summed E-state index contributed by atoms with van der Waals surface area (Å²) < 4.78 is 0. The number of nitrogens with two attached hydrogens (primary N) is 1. The molecule has 1 rings (SSSR count). The van der Waals surface area contributed by atoms with Gasteiger partial charge in [0.2, 0.25) is 0 Å². The molecule has 0 spiro atoms. The third-order valence-corrected chi connectivity index (χ3v) is 3.31. The Balaban J connectivity index is 3.00. The molecule has 1 aromatic heterocycles. The largest absolute Gasteiger partial charge is 0.395 e. The number of nitrogens with zero attached hydrogens (tertiary/aromatic N) is 2. The first-order valence-corrected chi connectivity index (χ1v) is 6.73. The van der Waals surface area contributed by atoms with E-state index in [0.29, 0.717) is 12.6 Å². The van der Waals surface area contributed by atoms with Gasteiger partial charge in [0.05, 0.1) is 6.61 Å². The SMILES string of the molecule is CCC(CC)N(CCO)c1cc(C(C)N)ccn1. The van der Waals surface area contributed by atoms with Gasteiger partial charge in [-0.1, -0.05) is 13.8 Å². The van der Waals surface area contributed by atoms with E-state index in [-0.39, 0.29) is 12.6 Å². The zero-order chi connectivity index (χ0) is 13.5. The quantitative estimate of drug-likeness (QED) is 0.779. The molecule has 0 aliphatic carbocycles. The maximum absolute atomic E-state index is 9.22. The Bertz CT molecular complexity index is 351. The molecule has 18 heavy (non-hydrogen) atoms. The molecular weight excluding hydrogens is 226 g/mol. The number of rotatable bonds is 7. The van der Waals surface area contributed by atoms with Crippen LogP contribution in [0.1, 0.15) is 45.2 Å². The van der Waals surface area contributed by atoms with Gasteiger partial charge in [0.25, 0.3) is 0 Å². The van der Waals surface area contributed by atoms with Crippen LogP contribution in [0.2, 0.25) is 0 Å². The Morgan fingerprint density at radius 2 is 2.06 bits per heavy atom. The van der Waals surface area contributed by atoms with E-state index in [4.69, 9.17) is 5.73 Å². The standard InChI is InChI=1S/C14H25N3O/c1-4-13(5-2)17(8-9-18)14-10-12(11(3)15)6-7-16-14/h6-7,10-11,13,18H,4-5,8-9,15H2,1-3H3. The number of aromatic nitrogens is 1. The molecule has 0 radical (unpaired) electrons. The van der Waals surface area contributed by atoms with Crippen molar-refractivity contribution in [3.63, 3.8) is 0 Å². The first-order valence-electron chi connectivity index (χ1n) is 6.73. The van der Waals surface area contributed by atoms with Gasteiger partial charge in [-0.05, 0) is 37.5 Å². The molecule has 0 aliphatic rings. The fourth-order valence-corrected chi connectivity index (χ4v) is 2.20. The number of hydrogen-bond acceptors (Lipinski definition) is 4. The van der Waals surface area contributed by atoms with Crippen molar-refractivity contribution in [2.45, 2.75) is 45.7 Å². The predicted molar refractivity (Wildman–Crippen MR) is 75.6 cm³/mol. The minimum Gasteiger partial charge on any atom is -0.395 e. The first kappa shape index (κ1) is 14.9. The van der Waals surface area contributed by atoms with Crippen LogP contribution in [0.5, 0.6) is 0 Å². The third kappa shape index (κ3) is 3.68. The van der Waals surface area contributed by atoms with Crippen molar-refractivity contribution >= 4 is 5.82 Å². The van der Waals surface area contributed by atoms with Crippen LogP contribution in [0, 0.1) is 0 Å².